The Labute approximate surface area is 94.9 Å². The van der Waals surface area contributed by atoms with Gasteiger partial charge >= 0.3 is 0 Å². The molecule has 3 heteroatoms. The largest absolute Gasteiger partial charge is 0.357 e. The molecule has 0 radical (unpaired) electrons. The van der Waals surface area contributed by atoms with Crippen LogP contribution in [0.15, 0.2) is 24.3 Å². The molecule has 0 spiro atoms. The highest BCUT2D eigenvalue weighted by molar-refractivity contribution is 14.1. The van der Waals surface area contributed by atoms with Crippen LogP contribution in [-0.2, 0) is 4.74 Å². The van der Waals surface area contributed by atoms with Gasteiger partial charge in [0.25, 0.3) is 0 Å². The molecule has 1 aromatic carbocycles. The highest BCUT2D eigenvalue weighted by Crippen LogP contribution is 2.49. The van der Waals surface area contributed by atoms with Gasteiger partial charge in [0, 0.05) is 9.13 Å². The van der Waals surface area contributed by atoms with E-state index < -0.39 is 0 Å². The van der Waals surface area contributed by atoms with Gasteiger partial charge in [-0.15, -0.1) is 0 Å². The van der Waals surface area contributed by atoms with Crippen LogP contribution in [0.5, 0.6) is 0 Å². The summed E-state index contributed by atoms with van der Waals surface area (Å²) in [6, 6.07) is 4.15. The summed E-state index contributed by atoms with van der Waals surface area (Å²) in [6.45, 7) is 0. The minimum Gasteiger partial charge on any atom is -0.357 e. The molecule has 1 aromatic rings. The van der Waals surface area contributed by atoms with Crippen molar-refractivity contribution in [3.05, 3.63) is 44.0 Å². The highest BCUT2D eigenvalue weighted by Gasteiger charge is 2.35. The summed E-state index contributed by atoms with van der Waals surface area (Å²) in [4.78, 5) is 0. The fourth-order valence-corrected chi connectivity index (χ4v) is 2.66. The van der Waals surface area contributed by atoms with Crippen molar-refractivity contribution in [2.45, 2.75) is 12.2 Å². The number of fused-ring (bicyclic) bond motifs is 5. The van der Waals surface area contributed by atoms with E-state index in [4.69, 9.17) is 16.3 Å². The Morgan fingerprint density at radius 2 is 2.00 bits per heavy atom. The fourth-order valence-electron chi connectivity index (χ4n) is 1.91. The first-order valence-corrected chi connectivity index (χ1v) is 5.54. The van der Waals surface area contributed by atoms with Crippen LogP contribution in [0, 0.1) is 3.57 Å². The molecule has 0 amide bonds. The lowest BCUT2D eigenvalue weighted by Crippen LogP contribution is -1.95. The predicted molar refractivity (Wildman–Crippen MR) is 59.9 cm³/mol. The minimum absolute atomic E-state index is 0.0993. The van der Waals surface area contributed by atoms with E-state index in [2.05, 4.69) is 40.8 Å². The molecule has 2 heterocycles. The molecule has 2 bridgehead atoms. The monoisotopic (exact) mass is 304 g/mol. The second-order valence-corrected chi connectivity index (χ2v) is 4.77. The third-order valence-electron chi connectivity index (χ3n) is 2.51. The average molecular weight is 305 g/mol. The number of hydrogen-bond donors (Lipinski definition) is 0. The second kappa shape index (κ2) is 2.72. The van der Waals surface area contributed by atoms with Gasteiger partial charge in [0.1, 0.15) is 12.2 Å². The zero-order chi connectivity index (χ0) is 9.00. The molecule has 2 unspecified atom stereocenters. The zero-order valence-electron chi connectivity index (χ0n) is 6.63. The van der Waals surface area contributed by atoms with Gasteiger partial charge < -0.3 is 4.74 Å². The number of rotatable bonds is 0. The maximum atomic E-state index is 6.21. The van der Waals surface area contributed by atoms with Crippen molar-refractivity contribution < 1.29 is 4.74 Å². The van der Waals surface area contributed by atoms with Crippen molar-refractivity contribution in [1.82, 2.24) is 0 Å². The van der Waals surface area contributed by atoms with Crippen LogP contribution >= 0.6 is 34.2 Å². The lowest BCUT2D eigenvalue weighted by molar-refractivity contribution is 0.0879. The maximum Gasteiger partial charge on any atom is 0.104 e. The summed E-state index contributed by atoms with van der Waals surface area (Å²) in [5.74, 6) is 0. The molecular formula is C10H6ClIO. The Morgan fingerprint density at radius 1 is 1.23 bits per heavy atom. The summed E-state index contributed by atoms with van der Waals surface area (Å²) < 4.78 is 6.78. The van der Waals surface area contributed by atoms with Crippen LogP contribution in [0.2, 0.25) is 5.02 Å². The van der Waals surface area contributed by atoms with E-state index in [0.717, 1.165) is 8.59 Å². The van der Waals surface area contributed by atoms with Gasteiger partial charge in [-0.1, -0.05) is 29.8 Å². The molecular weight excluding hydrogens is 298 g/mol. The summed E-state index contributed by atoms with van der Waals surface area (Å²) in [5.41, 5.74) is 2.40. The average Bonchev–Trinajstić information content (AvgIpc) is 2.70. The summed E-state index contributed by atoms with van der Waals surface area (Å²) in [5, 5.41) is 0.856. The third kappa shape index (κ3) is 1.02. The van der Waals surface area contributed by atoms with Crippen molar-refractivity contribution >= 4 is 34.2 Å². The molecule has 3 rings (SSSR count). The number of halogens is 2. The van der Waals surface area contributed by atoms with Crippen LogP contribution in [0.25, 0.3) is 0 Å². The van der Waals surface area contributed by atoms with Crippen molar-refractivity contribution in [1.29, 1.82) is 0 Å². The zero-order valence-corrected chi connectivity index (χ0v) is 9.54. The molecule has 0 N–H and O–H groups in total. The smallest absolute Gasteiger partial charge is 0.104 e. The molecule has 66 valence electrons. The van der Waals surface area contributed by atoms with E-state index in [1.54, 1.807) is 0 Å². The van der Waals surface area contributed by atoms with Crippen molar-refractivity contribution in [2.75, 3.05) is 0 Å². The van der Waals surface area contributed by atoms with E-state index in [-0.39, 0.29) is 12.2 Å². The van der Waals surface area contributed by atoms with Gasteiger partial charge in [0.2, 0.25) is 0 Å². The van der Waals surface area contributed by atoms with Gasteiger partial charge in [-0.3, -0.25) is 0 Å². The Morgan fingerprint density at radius 3 is 2.85 bits per heavy atom. The molecule has 1 nitrogen and oxygen atoms in total. The van der Waals surface area contributed by atoms with Crippen LogP contribution in [0.3, 0.4) is 0 Å². The molecule has 2 aliphatic rings. The minimum atomic E-state index is 0.0993. The molecule has 0 fully saturated rings. The second-order valence-electron chi connectivity index (χ2n) is 3.23. The Kier molecular flexibility index (Phi) is 1.73. The van der Waals surface area contributed by atoms with E-state index in [1.165, 1.54) is 11.1 Å². The lowest BCUT2D eigenvalue weighted by atomic mass is 9.97. The van der Waals surface area contributed by atoms with Crippen molar-refractivity contribution in [3.63, 3.8) is 0 Å². The van der Waals surface area contributed by atoms with E-state index in [1.807, 2.05) is 6.07 Å². The molecule has 2 atom stereocenters. The number of benzene rings is 1. The fraction of sp³-hybridized carbons (Fsp3) is 0.200. The maximum absolute atomic E-state index is 6.21. The summed E-state index contributed by atoms with van der Waals surface area (Å²) >= 11 is 8.46. The predicted octanol–water partition coefficient (Wildman–Crippen LogP) is 3.63. The quantitative estimate of drug-likeness (QED) is 0.525. The highest BCUT2D eigenvalue weighted by atomic mass is 127. The van der Waals surface area contributed by atoms with Crippen LogP contribution in [0.1, 0.15) is 23.3 Å². The number of ether oxygens (including phenoxy) is 1. The number of hydrogen-bond acceptors (Lipinski definition) is 1. The van der Waals surface area contributed by atoms with E-state index >= 15 is 0 Å². The van der Waals surface area contributed by atoms with Crippen LogP contribution in [0.4, 0.5) is 0 Å². The van der Waals surface area contributed by atoms with Gasteiger partial charge in [0.15, 0.2) is 0 Å². The van der Waals surface area contributed by atoms with Crippen LogP contribution in [-0.4, -0.2) is 0 Å². The Balaban J connectivity index is 2.30. The Bertz CT molecular complexity index is 414. The molecule has 0 aromatic heterocycles. The molecule has 13 heavy (non-hydrogen) atoms. The molecule has 0 saturated heterocycles. The normalized spacial score (nSPS) is 28.2. The summed E-state index contributed by atoms with van der Waals surface area (Å²) in [6.07, 6.45) is 4.42. The summed E-state index contributed by atoms with van der Waals surface area (Å²) in [7, 11) is 0. The van der Waals surface area contributed by atoms with Crippen molar-refractivity contribution in [2.24, 2.45) is 0 Å². The first-order chi connectivity index (χ1) is 6.27. The van der Waals surface area contributed by atoms with Gasteiger partial charge in [0.05, 0.1) is 5.02 Å². The molecule has 0 saturated carbocycles. The van der Waals surface area contributed by atoms with Crippen LogP contribution < -0.4 is 0 Å². The first kappa shape index (κ1) is 8.26. The third-order valence-corrected chi connectivity index (χ3v) is 4.14. The standard InChI is InChI=1S/C10H6ClIO/c11-10-6(12)2-1-5-7-3-4-8(13-7)9(5)10/h1-4,7-8H. The molecule has 2 aliphatic heterocycles. The SMILES string of the molecule is Clc1c(I)ccc2c1C1C=CC2O1. The van der Waals surface area contributed by atoms with E-state index in [9.17, 15) is 0 Å². The molecule has 0 aliphatic carbocycles. The topological polar surface area (TPSA) is 9.23 Å². The lowest BCUT2D eigenvalue weighted by Gasteiger charge is -2.09. The Hall–Kier alpha value is -0.0600. The van der Waals surface area contributed by atoms with E-state index in [0.29, 0.717) is 0 Å². The van der Waals surface area contributed by atoms with Gasteiger partial charge in [-0.25, -0.2) is 0 Å². The first-order valence-electron chi connectivity index (χ1n) is 4.09. The van der Waals surface area contributed by atoms with Gasteiger partial charge in [-0.05, 0) is 34.2 Å². The van der Waals surface area contributed by atoms with Gasteiger partial charge in [-0.2, -0.15) is 0 Å². The van der Waals surface area contributed by atoms with Crippen molar-refractivity contribution in [3.8, 4) is 0 Å².